The normalized spacial score (nSPS) is 20.8. The number of hydrogen-bond acceptors (Lipinski definition) is 4. The van der Waals surface area contributed by atoms with Gasteiger partial charge in [0.2, 0.25) is 5.91 Å². The van der Waals surface area contributed by atoms with Crippen LogP contribution in [0.1, 0.15) is 37.7 Å². The smallest absolute Gasteiger partial charge is 0.224 e. The first kappa shape index (κ1) is 18.2. The number of morpholine rings is 1. The number of hydrogen-bond donors (Lipinski definition) is 1. The van der Waals surface area contributed by atoms with Gasteiger partial charge in [-0.05, 0) is 30.5 Å². The zero-order valence-electron chi connectivity index (χ0n) is 15.3. The van der Waals surface area contributed by atoms with Gasteiger partial charge in [0.25, 0.3) is 0 Å². The summed E-state index contributed by atoms with van der Waals surface area (Å²) in [6, 6.07) is 7.73. The third-order valence-electron chi connectivity index (χ3n) is 5.58. The van der Waals surface area contributed by atoms with Crippen molar-refractivity contribution in [2.75, 3.05) is 40.0 Å². The van der Waals surface area contributed by atoms with Gasteiger partial charge < -0.3 is 14.8 Å². The van der Waals surface area contributed by atoms with Crippen molar-refractivity contribution < 1.29 is 14.3 Å². The van der Waals surface area contributed by atoms with Crippen molar-refractivity contribution in [3.63, 3.8) is 0 Å². The second-order valence-corrected chi connectivity index (χ2v) is 7.19. The van der Waals surface area contributed by atoms with Crippen LogP contribution >= 0.6 is 0 Å². The van der Waals surface area contributed by atoms with Crippen LogP contribution in [0.2, 0.25) is 0 Å². The number of benzene rings is 1. The van der Waals surface area contributed by atoms with E-state index in [1.807, 2.05) is 24.3 Å². The topological polar surface area (TPSA) is 50.8 Å². The zero-order valence-corrected chi connectivity index (χ0v) is 15.3. The van der Waals surface area contributed by atoms with Gasteiger partial charge in [-0.25, -0.2) is 0 Å². The van der Waals surface area contributed by atoms with E-state index >= 15 is 0 Å². The van der Waals surface area contributed by atoms with E-state index < -0.39 is 0 Å². The SMILES string of the molecule is COc1cccc(CC(=O)NCC2(N3CCOCC3)CCCCC2)c1. The highest BCUT2D eigenvalue weighted by Crippen LogP contribution is 2.33. The Morgan fingerprint density at radius 1 is 1.24 bits per heavy atom. The molecule has 138 valence electrons. The van der Waals surface area contributed by atoms with Gasteiger partial charge in [0.15, 0.2) is 0 Å². The molecule has 2 aliphatic rings. The highest BCUT2D eigenvalue weighted by atomic mass is 16.5. The van der Waals surface area contributed by atoms with Crippen molar-refractivity contribution in [3.8, 4) is 5.75 Å². The quantitative estimate of drug-likeness (QED) is 0.859. The lowest BCUT2D eigenvalue weighted by Gasteiger charge is -2.48. The molecular formula is C20H30N2O3. The third kappa shape index (κ3) is 4.73. The number of carbonyl (C=O) groups is 1. The molecule has 1 aromatic rings. The predicted octanol–water partition coefficient (Wildman–Crippen LogP) is 2.39. The van der Waals surface area contributed by atoms with E-state index in [0.717, 1.165) is 44.2 Å². The lowest BCUT2D eigenvalue weighted by molar-refractivity contribution is -0.121. The summed E-state index contributed by atoms with van der Waals surface area (Å²) in [4.78, 5) is 15.0. The van der Waals surface area contributed by atoms with E-state index in [2.05, 4.69) is 10.2 Å². The average Bonchev–Trinajstić information content (AvgIpc) is 2.68. The van der Waals surface area contributed by atoms with E-state index in [4.69, 9.17) is 9.47 Å². The van der Waals surface area contributed by atoms with Crippen LogP contribution in [0.3, 0.4) is 0 Å². The van der Waals surface area contributed by atoms with Crippen LogP contribution in [-0.2, 0) is 16.0 Å². The Hall–Kier alpha value is -1.59. The van der Waals surface area contributed by atoms with Gasteiger partial charge in [-0.3, -0.25) is 9.69 Å². The van der Waals surface area contributed by atoms with E-state index in [9.17, 15) is 4.79 Å². The molecule has 0 aromatic heterocycles. The molecular weight excluding hydrogens is 316 g/mol. The van der Waals surface area contributed by atoms with Gasteiger partial charge in [-0.1, -0.05) is 31.4 Å². The second-order valence-electron chi connectivity index (χ2n) is 7.19. The first-order valence-corrected chi connectivity index (χ1v) is 9.44. The lowest BCUT2D eigenvalue weighted by atomic mass is 9.79. The predicted molar refractivity (Wildman–Crippen MR) is 97.9 cm³/mol. The summed E-state index contributed by atoms with van der Waals surface area (Å²) in [7, 11) is 1.65. The summed E-state index contributed by atoms with van der Waals surface area (Å²) in [5, 5.41) is 3.21. The number of amides is 1. The van der Waals surface area contributed by atoms with Gasteiger partial charge >= 0.3 is 0 Å². The van der Waals surface area contributed by atoms with Crippen molar-refractivity contribution >= 4 is 5.91 Å². The third-order valence-corrected chi connectivity index (χ3v) is 5.58. The number of nitrogens with zero attached hydrogens (tertiary/aromatic N) is 1. The first-order valence-electron chi connectivity index (χ1n) is 9.44. The Bertz CT molecular complexity index is 564. The van der Waals surface area contributed by atoms with E-state index in [1.54, 1.807) is 7.11 Å². The zero-order chi connectivity index (χ0) is 17.5. The number of nitrogens with one attached hydrogen (secondary N) is 1. The molecule has 3 rings (SSSR count). The van der Waals surface area contributed by atoms with Crippen LogP contribution < -0.4 is 10.1 Å². The summed E-state index contributed by atoms with van der Waals surface area (Å²) in [5.41, 5.74) is 1.10. The number of rotatable bonds is 6. The monoisotopic (exact) mass is 346 g/mol. The molecule has 5 heteroatoms. The molecule has 0 bridgehead atoms. The molecule has 1 N–H and O–H groups in total. The van der Waals surface area contributed by atoms with Crippen LogP contribution in [0, 0.1) is 0 Å². The molecule has 1 saturated carbocycles. The molecule has 25 heavy (non-hydrogen) atoms. The van der Waals surface area contributed by atoms with E-state index in [0.29, 0.717) is 6.42 Å². The van der Waals surface area contributed by atoms with Crippen LogP contribution in [0.4, 0.5) is 0 Å². The lowest BCUT2D eigenvalue weighted by Crippen LogP contribution is -2.59. The Labute approximate surface area is 150 Å². The van der Waals surface area contributed by atoms with Crippen LogP contribution in [-0.4, -0.2) is 56.3 Å². The second kappa shape index (κ2) is 8.68. The number of carbonyl (C=O) groups excluding carboxylic acids is 1. The molecule has 1 aliphatic heterocycles. The number of methoxy groups -OCH3 is 1. The fourth-order valence-corrected chi connectivity index (χ4v) is 4.15. The van der Waals surface area contributed by atoms with Gasteiger partial charge in [-0.15, -0.1) is 0 Å². The van der Waals surface area contributed by atoms with Crippen molar-refractivity contribution in [3.05, 3.63) is 29.8 Å². The molecule has 1 aliphatic carbocycles. The largest absolute Gasteiger partial charge is 0.497 e. The highest BCUT2D eigenvalue weighted by molar-refractivity contribution is 5.78. The Balaban J connectivity index is 1.59. The molecule has 0 radical (unpaired) electrons. The molecule has 1 heterocycles. The fourth-order valence-electron chi connectivity index (χ4n) is 4.15. The molecule has 1 aromatic carbocycles. The van der Waals surface area contributed by atoms with Crippen molar-refractivity contribution in [2.45, 2.75) is 44.1 Å². The Kier molecular flexibility index (Phi) is 6.32. The van der Waals surface area contributed by atoms with Crippen molar-refractivity contribution in [1.29, 1.82) is 0 Å². The molecule has 2 fully saturated rings. The minimum Gasteiger partial charge on any atom is -0.497 e. The molecule has 5 nitrogen and oxygen atoms in total. The molecule has 0 atom stereocenters. The van der Waals surface area contributed by atoms with Crippen LogP contribution in [0.5, 0.6) is 5.75 Å². The van der Waals surface area contributed by atoms with Gasteiger partial charge in [0.05, 0.1) is 26.7 Å². The average molecular weight is 346 g/mol. The maximum atomic E-state index is 12.5. The summed E-state index contributed by atoms with van der Waals surface area (Å²) in [6.45, 7) is 4.31. The van der Waals surface area contributed by atoms with Gasteiger partial charge in [0, 0.05) is 25.2 Å². The Morgan fingerprint density at radius 2 is 2.00 bits per heavy atom. The summed E-state index contributed by atoms with van der Waals surface area (Å²) >= 11 is 0. The van der Waals surface area contributed by atoms with E-state index in [1.165, 1.54) is 32.1 Å². The molecule has 0 unspecified atom stereocenters. The standard InChI is InChI=1S/C20H30N2O3/c1-24-18-7-5-6-17(14-18)15-19(23)21-16-20(8-3-2-4-9-20)22-10-12-25-13-11-22/h5-7,14H,2-4,8-13,15-16H2,1H3,(H,21,23). The maximum Gasteiger partial charge on any atom is 0.224 e. The van der Waals surface area contributed by atoms with Crippen LogP contribution in [0.15, 0.2) is 24.3 Å². The summed E-state index contributed by atoms with van der Waals surface area (Å²) in [6.07, 6.45) is 6.56. The maximum absolute atomic E-state index is 12.5. The first-order chi connectivity index (χ1) is 12.2. The van der Waals surface area contributed by atoms with Crippen LogP contribution in [0.25, 0.3) is 0 Å². The van der Waals surface area contributed by atoms with Crippen molar-refractivity contribution in [2.24, 2.45) is 0 Å². The minimum atomic E-state index is 0.0893. The van der Waals surface area contributed by atoms with Gasteiger partial charge in [0.1, 0.15) is 5.75 Å². The number of ether oxygens (including phenoxy) is 2. The summed E-state index contributed by atoms with van der Waals surface area (Å²) < 4.78 is 10.8. The summed E-state index contributed by atoms with van der Waals surface area (Å²) in [5.74, 6) is 0.883. The molecule has 1 saturated heterocycles. The minimum absolute atomic E-state index is 0.0893. The van der Waals surface area contributed by atoms with E-state index in [-0.39, 0.29) is 11.4 Å². The van der Waals surface area contributed by atoms with Gasteiger partial charge in [-0.2, -0.15) is 0 Å². The Morgan fingerprint density at radius 3 is 2.72 bits per heavy atom. The molecule has 0 spiro atoms. The van der Waals surface area contributed by atoms with Crippen molar-refractivity contribution in [1.82, 2.24) is 10.2 Å². The highest BCUT2D eigenvalue weighted by Gasteiger charge is 2.38. The fraction of sp³-hybridized carbons (Fsp3) is 0.650. The molecule has 1 amide bonds.